The van der Waals surface area contributed by atoms with Crippen LogP contribution in [-0.4, -0.2) is 62.8 Å². The summed E-state index contributed by atoms with van der Waals surface area (Å²) in [6.45, 7) is 12.2. The topological polar surface area (TPSA) is 106 Å². The van der Waals surface area contributed by atoms with E-state index in [1.54, 1.807) is 0 Å². The van der Waals surface area contributed by atoms with Crippen molar-refractivity contribution in [2.45, 2.75) is 91.7 Å². The first kappa shape index (κ1) is 32.6. The van der Waals surface area contributed by atoms with Gasteiger partial charge in [-0.1, -0.05) is 43.7 Å². The highest BCUT2D eigenvalue weighted by atomic mass is 16.5. The van der Waals surface area contributed by atoms with Gasteiger partial charge in [0.05, 0.1) is 25.9 Å². The molecule has 1 aromatic rings. The van der Waals surface area contributed by atoms with Gasteiger partial charge in [0.15, 0.2) is 0 Å². The van der Waals surface area contributed by atoms with Gasteiger partial charge < -0.3 is 25.4 Å². The number of carbonyl (C=O) groups is 3. The van der Waals surface area contributed by atoms with Gasteiger partial charge in [0.2, 0.25) is 17.7 Å². The van der Waals surface area contributed by atoms with Crippen LogP contribution in [0.2, 0.25) is 0 Å². The number of unbranched alkanes of at least 4 members (excludes halogenated alkanes) is 1. The first-order valence-corrected chi connectivity index (χ1v) is 13.8. The largest absolute Gasteiger partial charge is 0.377 e. The number of carbonyl (C=O) groups excluding carboxylic acids is 3. The normalized spacial score (nSPS) is 12.0. The van der Waals surface area contributed by atoms with Crippen molar-refractivity contribution in [2.24, 2.45) is 5.92 Å². The van der Waals surface area contributed by atoms with Crippen LogP contribution in [0, 0.1) is 12.8 Å². The molecule has 0 heterocycles. The quantitative estimate of drug-likeness (QED) is 0.228. The molecule has 0 aliphatic carbocycles. The minimum atomic E-state index is -0.597. The second-order valence-electron chi connectivity index (χ2n) is 10.2. The number of rotatable bonds is 20. The average molecular weight is 520 g/mol. The van der Waals surface area contributed by atoms with Gasteiger partial charge in [-0.15, -0.1) is 0 Å². The molecule has 0 aliphatic rings. The molecule has 1 rings (SSSR count). The van der Waals surface area contributed by atoms with Crippen LogP contribution in [0.5, 0.6) is 0 Å². The van der Waals surface area contributed by atoms with Gasteiger partial charge in [-0.25, -0.2) is 0 Å². The van der Waals surface area contributed by atoms with Crippen molar-refractivity contribution >= 4 is 17.7 Å². The molecule has 0 saturated carbocycles. The van der Waals surface area contributed by atoms with Gasteiger partial charge in [0.25, 0.3) is 0 Å². The third-order valence-electron chi connectivity index (χ3n) is 5.70. The zero-order valence-corrected chi connectivity index (χ0v) is 23.6. The molecule has 0 radical (unpaired) electrons. The number of aryl methyl sites for hydroxylation is 2. The van der Waals surface area contributed by atoms with E-state index < -0.39 is 6.04 Å². The summed E-state index contributed by atoms with van der Waals surface area (Å²) < 4.78 is 10.9. The van der Waals surface area contributed by atoms with Crippen molar-refractivity contribution in [3.63, 3.8) is 0 Å². The number of amides is 3. The second kappa shape index (κ2) is 19.6. The van der Waals surface area contributed by atoms with Crippen LogP contribution in [0.1, 0.15) is 77.3 Å². The fraction of sp³-hybridized carbons (Fsp3) is 0.690. The predicted octanol–water partition coefficient (Wildman–Crippen LogP) is 3.69. The Morgan fingerprint density at radius 3 is 2.24 bits per heavy atom. The van der Waals surface area contributed by atoms with Crippen molar-refractivity contribution in [3.8, 4) is 0 Å². The lowest BCUT2D eigenvalue weighted by atomic mass is 10.1. The van der Waals surface area contributed by atoms with Gasteiger partial charge >= 0.3 is 0 Å². The minimum absolute atomic E-state index is 0.0467. The Bertz CT molecular complexity index is 780. The molecule has 1 atom stereocenters. The van der Waals surface area contributed by atoms with Gasteiger partial charge in [0, 0.05) is 25.9 Å². The van der Waals surface area contributed by atoms with Crippen LogP contribution in [0.25, 0.3) is 0 Å². The fourth-order valence-electron chi connectivity index (χ4n) is 3.70. The van der Waals surface area contributed by atoms with Gasteiger partial charge in [-0.3, -0.25) is 14.4 Å². The molecule has 0 aliphatic heterocycles. The molecule has 8 heteroatoms. The van der Waals surface area contributed by atoms with E-state index in [-0.39, 0.29) is 29.7 Å². The number of hydrogen-bond acceptors (Lipinski definition) is 5. The Hall–Kier alpha value is -2.45. The van der Waals surface area contributed by atoms with Crippen molar-refractivity contribution in [1.82, 2.24) is 16.0 Å². The summed E-state index contributed by atoms with van der Waals surface area (Å²) in [5.74, 6) is -0.0739. The fourth-order valence-corrected chi connectivity index (χ4v) is 3.70. The number of ether oxygens (including phenoxy) is 2. The monoisotopic (exact) mass is 519 g/mol. The van der Waals surface area contributed by atoms with Crippen LogP contribution < -0.4 is 16.0 Å². The molecule has 0 spiro atoms. The van der Waals surface area contributed by atoms with Crippen molar-refractivity contribution in [1.29, 1.82) is 0 Å². The SMILES string of the molecule is Cc1ccc(CCCC(=O)NCCCC[C@H](NC(=O)CC(C)C)C(=O)NCCOCCOC(C)C)cc1. The number of benzene rings is 1. The lowest BCUT2D eigenvalue weighted by Gasteiger charge is -2.19. The molecular formula is C29H49N3O5. The van der Waals surface area contributed by atoms with Crippen LogP contribution in [0.4, 0.5) is 0 Å². The molecule has 3 N–H and O–H groups in total. The standard InChI is InChI=1S/C29H49N3O5/c1-22(2)21-28(34)32-26(29(35)31-17-18-36-19-20-37-23(3)4)10-6-7-16-30-27(33)11-8-9-25-14-12-24(5)13-15-25/h12-15,22-23,26H,6-11,16-21H2,1-5H3,(H,30,33)(H,31,35)(H,32,34)/t26-/m0/s1. The van der Waals surface area contributed by atoms with Crippen molar-refractivity contribution < 1.29 is 23.9 Å². The van der Waals surface area contributed by atoms with E-state index >= 15 is 0 Å². The van der Waals surface area contributed by atoms with Crippen LogP contribution in [0.15, 0.2) is 24.3 Å². The van der Waals surface area contributed by atoms with E-state index in [1.165, 1.54) is 11.1 Å². The Kier molecular flexibility index (Phi) is 17.3. The Labute approximate surface area is 223 Å². The molecule has 0 saturated heterocycles. The van der Waals surface area contributed by atoms with Gasteiger partial charge in [-0.2, -0.15) is 0 Å². The Morgan fingerprint density at radius 1 is 0.838 bits per heavy atom. The first-order valence-electron chi connectivity index (χ1n) is 13.8. The molecule has 8 nitrogen and oxygen atoms in total. The van der Waals surface area contributed by atoms with Gasteiger partial charge in [-0.05, 0) is 64.4 Å². The Morgan fingerprint density at radius 2 is 1.57 bits per heavy atom. The highest BCUT2D eigenvalue weighted by Crippen LogP contribution is 2.08. The third kappa shape index (κ3) is 17.6. The minimum Gasteiger partial charge on any atom is -0.377 e. The highest BCUT2D eigenvalue weighted by molar-refractivity contribution is 5.87. The van der Waals surface area contributed by atoms with Crippen LogP contribution >= 0.6 is 0 Å². The molecule has 1 aromatic carbocycles. The molecular weight excluding hydrogens is 470 g/mol. The summed E-state index contributed by atoms with van der Waals surface area (Å²) in [5.41, 5.74) is 2.48. The summed E-state index contributed by atoms with van der Waals surface area (Å²) in [5, 5.41) is 8.68. The van der Waals surface area contributed by atoms with E-state index in [0.29, 0.717) is 58.6 Å². The van der Waals surface area contributed by atoms with Crippen LogP contribution in [-0.2, 0) is 30.3 Å². The summed E-state index contributed by atoms with van der Waals surface area (Å²) in [6, 6.07) is 7.80. The zero-order chi connectivity index (χ0) is 27.5. The highest BCUT2D eigenvalue weighted by Gasteiger charge is 2.20. The summed E-state index contributed by atoms with van der Waals surface area (Å²) in [6.07, 6.45) is 4.71. The second-order valence-corrected chi connectivity index (χ2v) is 10.2. The van der Waals surface area contributed by atoms with E-state index in [9.17, 15) is 14.4 Å². The number of hydrogen-bond donors (Lipinski definition) is 3. The maximum atomic E-state index is 12.7. The summed E-state index contributed by atoms with van der Waals surface area (Å²) >= 11 is 0. The van der Waals surface area contributed by atoms with Crippen LogP contribution in [0.3, 0.4) is 0 Å². The molecule has 37 heavy (non-hydrogen) atoms. The maximum absolute atomic E-state index is 12.7. The maximum Gasteiger partial charge on any atom is 0.242 e. The molecule has 3 amide bonds. The summed E-state index contributed by atoms with van der Waals surface area (Å²) in [4.78, 5) is 37.1. The predicted molar refractivity (Wildman–Crippen MR) is 147 cm³/mol. The lowest BCUT2D eigenvalue weighted by Crippen LogP contribution is -2.47. The molecule has 0 aromatic heterocycles. The van der Waals surface area contributed by atoms with Gasteiger partial charge in [0.1, 0.15) is 6.04 Å². The smallest absolute Gasteiger partial charge is 0.242 e. The zero-order valence-electron chi connectivity index (χ0n) is 23.6. The van der Waals surface area contributed by atoms with E-state index in [0.717, 1.165) is 19.3 Å². The molecule has 0 bridgehead atoms. The number of nitrogens with one attached hydrogen (secondary N) is 3. The third-order valence-corrected chi connectivity index (χ3v) is 5.70. The lowest BCUT2D eigenvalue weighted by molar-refractivity contribution is -0.129. The first-order chi connectivity index (χ1) is 17.7. The molecule has 0 unspecified atom stereocenters. The van der Waals surface area contributed by atoms with E-state index in [2.05, 4.69) is 47.1 Å². The summed E-state index contributed by atoms with van der Waals surface area (Å²) in [7, 11) is 0. The van der Waals surface area contributed by atoms with E-state index in [1.807, 2.05) is 27.7 Å². The molecule has 210 valence electrons. The average Bonchev–Trinajstić information content (AvgIpc) is 2.83. The van der Waals surface area contributed by atoms with E-state index in [4.69, 9.17) is 9.47 Å². The van der Waals surface area contributed by atoms with Crippen molar-refractivity contribution in [3.05, 3.63) is 35.4 Å². The molecule has 0 fully saturated rings. The van der Waals surface area contributed by atoms with Crippen molar-refractivity contribution in [2.75, 3.05) is 32.9 Å². The Balaban J connectivity index is 2.29.